The smallest absolute Gasteiger partial charge is 0.220 e. The number of nitrogens with one attached hydrogen (secondary N) is 1. The minimum absolute atomic E-state index is 0.0638. The highest BCUT2D eigenvalue weighted by Crippen LogP contribution is 2.14. The van der Waals surface area contributed by atoms with Gasteiger partial charge in [0, 0.05) is 19.0 Å². The van der Waals surface area contributed by atoms with E-state index < -0.39 is 6.10 Å². The lowest BCUT2D eigenvalue weighted by Crippen LogP contribution is -2.34. The van der Waals surface area contributed by atoms with Crippen LogP contribution in [0.2, 0.25) is 0 Å². The van der Waals surface area contributed by atoms with Gasteiger partial charge in [-0.25, -0.2) is 0 Å². The monoisotopic (exact) mass is 264 g/mol. The third-order valence-electron chi connectivity index (χ3n) is 3.19. The number of rotatable bonds is 7. The molecular formula is C15H24N2O2. The molecule has 1 amide bonds. The first-order valence-electron chi connectivity index (χ1n) is 6.76. The van der Waals surface area contributed by atoms with Crippen molar-refractivity contribution in [2.45, 2.75) is 38.8 Å². The molecule has 1 aromatic rings. The SMILES string of the molecule is CC(C)C(O)CNC(=O)CCC(N)c1ccccc1. The molecule has 0 heterocycles. The van der Waals surface area contributed by atoms with E-state index in [0.717, 1.165) is 5.56 Å². The van der Waals surface area contributed by atoms with E-state index >= 15 is 0 Å². The van der Waals surface area contributed by atoms with E-state index in [1.54, 1.807) is 0 Å². The third-order valence-corrected chi connectivity index (χ3v) is 3.19. The fourth-order valence-electron chi connectivity index (χ4n) is 1.70. The quantitative estimate of drug-likeness (QED) is 0.700. The van der Waals surface area contributed by atoms with Crippen LogP contribution in [0.4, 0.5) is 0 Å². The Labute approximate surface area is 115 Å². The molecule has 0 radical (unpaired) electrons. The van der Waals surface area contributed by atoms with Gasteiger partial charge in [-0.15, -0.1) is 0 Å². The van der Waals surface area contributed by atoms with Gasteiger partial charge in [0.25, 0.3) is 0 Å². The van der Waals surface area contributed by atoms with Gasteiger partial charge < -0.3 is 16.2 Å². The van der Waals surface area contributed by atoms with Gasteiger partial charge >= 0.3 is 0 Å². The largest absolute Gasteiger partial charge is 0.391 e. The van der Waals surface area contributed by atoms with E-state index in [1.807, 2.05) is 44.2 Å². The Hall–Kier alpha value is -1.39. The number of carbonyl (C=O) groups is 1. The summed E-state index contributed by atoms with van der Waals surface area (Å²) in [5.74, 6) is 0.0814. The van der Waals surface area contributed by atoms with E-state index in [2.05, 4.69) is 5.32 Å². The highest BCUT2D eigenvalue weighted by Gasteiger charge is 2.12. The average Bonchev–Trinajstić information content (AvgIpc) is 2.42. The van der Waals surface area contributed by atoms with Crippen molar-refractivity contribution < 1.29 is 9.90 Å². The summed E-state index contributed by atoms with van der Waals surface area (Å²) in [6, 6.07) is 9.62. The zero-order valence-electron chi connectivity index (χ0n) is 11.7. The molecule has 4 nitrogen and oxygen atoms in total. The van der Waals surface area contributed by atoms with E-state index in [4.69, 9.17) is 5.73 Å². The first-order chi connectivity index (χ1) is 9.00. The first kappa shape index (κ1) is 15.7. The van der Waals surface area contributed by atoms with E-state index in [0.29, 0.717) is 19.4 Å². The van der Waals surface area contributed by atoms with Crippen molar-refractivity contribution in [1.29, 1.82) is 0 Å². The molecule has 2 atom stereocenters. The molecule has 0 spiro atoms. The predicted octanol–water partition coefficient (Wildman–Crippen LogP) is 1.60. The van der Waals surface area contributed by atoms with Crippen LogP contribution >= 0.6 is 0 Å². The summed E-state index contributed by atoms with van der Waals surface area (Å²) in [7, 11) is 0. The summed E-state index contributed by atoms with van der Waals surface area (Å²) in [5, 5.41) is 12.3. The van der Waals surface area contributed by atoms with Crippen LogP contribution in [0.5, 0.6) is 0 Å². The number of amides is 1. The van der Waals surface area contributed by atoms with Gasteiger partial charge in [-0.3, -0.25) is 4.79 Å². The van der Waals surface area contributed by atoms with Gasteiger partial charge in [0.15, 0.2) is 0 Å². The number of carbonyl (C=O) groups excluding carboxylic acids is 1. The molecule has 4 N–H and O–H groups in total. The van der Waals surface area contributed by atoms with Crippen LogP contribution in [0.3, 0.4) is 0 Å². The van der Waals surface area contributed by atoms with Crippen molar-refractivity contribution in [3.8, 4) is 0 Å². The maximum Gasteiger partial charge on any atom is 0.220 e. The molecule has 1 aromatic carbocycles. The minimum Gasteiger partial charge on any atom is -0.391 e. The second kappa shape index (κ2) is 7.92. The maximum atomic E-state index is 11.6. The third kappa shape index (κ3) is 5.85. The minimum atomic E-state index is -0.494. The topological polar surface area (TPSA) is 75.3 Å². The molecule has 106 valence electrons. The lowest BCUT2D eigenvalue weighted by Gasteiger charge is -2.16. The average molecular weight is 264 g/mol. The van der Waals surface area contributed by atoms with Gasteiger partial charge in [-0.1, -0.05) is 44.2 Å². The van der Waals surface area contributed by atoms with Gasteiger partial charge in [-0.2, -0.15) is 0 Å². The zero-order valence-corrected chi connectivity index (χ0v) is 11.7. The molecule has 19 heavy (non-hydrogen) atoms. The molecule has 1 rings (SSSR count). The number of hydrogen-bond donors (Lipinski definition) is 3. The lowest BCUT2D eigenvalue weighted by molar-refractivity contribution is -0.121. The number of aliphatic hydroxyl groups excluding tert-OH is 1. The summed E-state index contributed by atoms with van der Waals surface area (Å²) in [4.78, 5) is 11.6. The van der Waals surface area contributed by atoms with Gasteiger partial charge in [-0.05, 0) is 17.9 Å². The van der Waals surface area contributed by atoms with Gasteiger partial charge in [0.05, 0.1) is 6.10 Å². The Morgan fingerprint density at radius 1 is 1.32 bits per heavy atom. The first-order valence-corrected chi connectivity index (χ1v) is 6.76. The second-order valence-electron chi connectivity index (χ2n) is 5.17. The van der Waals surface area contributed by atoms with Crippen LogP contribution in [0.15, 0.2) is 30.3 Å². The summed E-state index contributed by atoms with van der Waals surface area (Å²) >= 11 is 0. The van der Waals surface area contributed by atoms with Gasteiger partial charge in [0.1, 0.15) is 0 Å². The maximum absolute atomic E-state index is 11.6. The van der Waals surface area contributed by atoms with E-state index in [1.165, 1.54) is 0 Å². The Balaban J connectivity index is 2.27. The standard InChI is InChI=1S/C15H24N2O2/c1-11(2)14(18)10-17-15(19)9-8-13(16)12-6-4-3-5-7-12/h3-7,11,13-14,18H,8-10,16H2,1-2H3,(H,17,19). The van der Waals surface area contributed by atoms with Crippen LogP contribution in [0, 0.1) is 5.92 Å². The number of hydrogen-bond acceptors (Lipinski definition) is 3. The van der Waals surface area contributed by atoms with Crippen molar-refractivity contribution in [3.05, 3.63) is 35.9 Å². The number of aliphatic hydroxyl groups is 1. The fraction of sp³-hybridized carbons (Fsp3) is 0.533. The van der Waals surface area contributed by atoms with Crippen LogP contribution in [0.25, 0.3) is 0 Å². The normalized spacial score (nSPS) is 14.2. The summed E-state index contributed by atoms with van der Waals surface area (Å²) in [5.41, 5.74) is 7.06. The van der Waals surface area contributed by atoms with Crippen LogP contribution < -0.4 is 11.1 Å². The molecule has 0 aliphatic heterocycles. The summed E-state index contributed by atoms with van der Waals surface area (Å²) in [6.07, 6.45) is 0.487. The highest BCUT2D eigenvalue weighted by molar-refractivity contribution is 5.75. The molecule has 0 fully saturated rings. The molecule has 0 aromatic heterocycles. The Kier molecular flexibility index (Phi) is 6.53. The van der Waals surface area contributed by atoms with Crippen molar-refractivity contribution in [1.82, 2.24) is 5.32 Å². The number of nitrogens with two attached hydrogens (primary N) is 1. The number of benzene rings is 1. The van der Waals surface area contributed by atoms with E-state index in [-0.39, 0.29) is 17.9 Å². The molecule has 2 unspecified atom stereocenters. The molecule has 0 bridgehead atoms. The van der Waals surface area contributed by atoms with Crippen LogP contribution in [0.1, 0.15) is 38.3 Å². The van der Waals surface area contributed by atoms with Crippen LogP contribution in [-0.2, 0) is 4.79 Å². The Bertz CT molecular complexity index is 379. The molecular weight excluding hydrogens is 240 g/mol. The Morgan fingerprint density at radius 3 is 2.53 bits per heavy atom. The van der Waals surface area contributed by atoms with Crippen molar-refractivity contribution in [2.75, 3.05) is 6.54 Å². The van der Waals surface area contributed by atoms with Gasteiger partial charge in [0.2, 0.25) is 5.91 Å². The lowest BCUT2D eigenvalue weighted by atomic mass is 10.0. The molecule has 0 aliphatic rings. The second-order valence-corrected chi connectivity index (χ2v) is 5.17. The summed E-state index contributed by atoms with van der Waals surface area (Å²) < 4.78 is 0. The molecule has 0 saturated heterocycles. The van der Waals surface area contributed by atoms with Crippen molar-refractivity contribution in [2.24, 2.45) is 11.7 Å². The molecule has 0 aliphatic carbocycles. The van der Waals surface area contributed by atoms with Crippen LogP contribution in [-0.4, -0.2) is 23.7 Å². The molecule has 0 saturated carbocycles. The highest BCUT2D eigenvalue weighted by atomic mass is 16.3. The van der Waals surface area contributed by atoms with E-state index in [9.17, 15) is 9.90 Å². The molecule has 4 heteroatoms. The summed E-state index contributed by atoms with van der Waals surface area (Å²) in [6.45, 7) is 4.14. The predicted molar refractivity (Wildman–Crippen MR) is 76.5 cm³/mol. The zero-order chi connectivity index (χ0) is 14.3. The van der Waals surface area contributed by atoms with Crippen molar-refractivity contribution in [3.63, 3.8) is 0 Å². The fourth-order valence-corrected chi connectivity index (χ4v) is 1.70. The Morgan fingerprint density at radius 2 is 1.95 bits per heavy atom. The van der Waals surface area contributed by atoms with Crippen molar-refractivity contribution >= 4 is 5.91 Å².